The van der Waals surface area contributed by atoms with E-state index in [1.165, 1.54) is 4.68 Å². The third-order valence-corrected chi connectivity index (χ3v) is 8.42. The lowest BCUT2D eigenvalue weighted by Gasteiger charge is -2.40. The number of nitrogens with zero attached hydrogens (tertiary/aromatic N) is 5. The maximum atomic E-state index is 13.0. The van der Waals surface area contributed by atoms with Gasteiger partial charge in [0.05, 0.1) is 10.6 Å². The van der Waals surface area contributed by atoms with E-state index >= 15 is 0 Å². The number of hydrogen-bond acceptors (Lipinski definition) is 6. The van der Waals surface area contributed by atoms with Gasteiger partial charge in [-0.2, -0.15) is 14.1 Å². The molecule has 168 valence electrons. The molecule has 1 saturated heterocycles. The van der Waals surface area contributed by atoms with Crippen LogP contribution in [0.15, 0.2) is 53.6 Å². The van der Waals surface area contributed by atoms with Gasteiger partial charge in [-0.05, 0) is 50.5 Å². The molecule has 32 heavy (non-hydrogen) atoms. The monoisotopic (exact) mass is 453 g/mol. The lowest BCUT2D eigenvalue weighted by molar-refractivity contribution is 0.126. The molecule has 3 aromatic rings. The summed E-state index contributed by atoms with van der Waals surface area (Å²) in [5, 5.41) is 15.4. The Morgan fingerprint density at radius 3 is 2.47 bits per heavy atom. The molecule has 9 heteroatoms. The van der Waals surface area contributed by atoms with Crippen LogP contribution in [0.1, 0.15) is 23.2 Å². The molecule has 2 aliphatic rings. The van der Waals surface area contributed by atoms with Gasteiger partial charge in [-0.3, -0.25) is 4.90 Å². The summed E-state index contributed by atoms with van der Waals surface area (Å²) in [5.74, 6) is 0.759. The summed E-state index contributed by atoms with van der Waals surface area (Å²) in [5.41, 5.74) is 2.84. The van der Waals surface area contributed by atoms with Gasteiger partial charge in [0.2, 0.25) is 15.9 Å². The number of rotatable bonds is 4. The fourth-order valence-electron chi connectivity index (χ4n) is 4.66. The molecule has 8 nitrogen and oxygen atoms in total. The highest BCUT2D eigenvalue weighted by molar-refractivity contribution is 7.89. The average Bonchev–Trinajstić information content (AvgIpc) is 3.16. The Kier molecular flexibility index (Phi) is 5.48. The second-order valence-corrected chi connectivity index (χ2v) is 10.4. The van der Waals surface area contributed by atoms with Crippen LogP contribution in [0.25, 0.3) is 5.82 Å². The first kappa shape index (κ1) is 21.1. The summed E-state index contributed by atoms with van der Waals surface area (Å²) in [6.45, 7) is 4.25. The number of hydrogen-bond donors (Lipinski definition) is 1. The van der Waals surface area contributed by atoms with Crippen molar-refractivity contribution in [3.63, 3.8) is 0 Å². The van der Waals surface area contributed by atoms with Gasteiger partial charge >= 0.3 is 0 Å². The summed E-state index contributed by atoms with van der Waals surface area (Å²) in [6, 6.07) is 12.8. The van der Waals surface area contributed by atoms with E-state index in [4.69, 9.17) is 0 Å². The van der Waals surface area contributed by atoms with E-state index in [1.807, 2.05) is 37.3 Å². The smallest absolute Gasteiger partial charge is 0.243 e. The summed E-state index contributed by atoms with van der Waals surface area (Å²) < 4.78 is 29.1. The van der Waals surface area contributed by atoms with Crippen molar-refractivity contribution in [2.75, 3.05) is 26.2 Å². The predicted molar refractivity (Wildman–Crippen MR) is 120 cm³/mol. The average molecular weight is 454 g/mol. The van der Waals surface area contributed by atoms with Crippen LogP contribution in [0, 0.1) is 6.92 Å². The second kappa shape index (κ2) is 8.31. The summed E-state index contributed by atoms with van der Waals surface area (Å²) in [7, 11) is -3.47. The van der Waals surface area contributed by atoms with Gasteiger partial charge < -0.3 is 5.11 Å². The van der Waals surface area contributed by atoms with Crippen LogP contribution in [0.2, 0.25) is 0 Å². The van der Waals surface area contributed by atoms with Crippen molar-refractivity contribution in [2.45, 2.75) is 37.1 Å². The lowest BCUT2D eigenvalue weighted by Crippen LogP contribution is -2.53. The minimum Gasteiger partial charge on any atom is -0.493 e. The summed E-state index contributed by atoms with van der Waals surface area (Å²) in [4.78, 5) is 6.99. The highest BCUT2D eigenvalue weighted by atomic mass is 32.2. The fourth-order valence-corrected chi connectivity index (χ4v) is 6.08. The van der Waals surface area contributed by atoms with Gasteiger partial charge in [0.1, 0.15) is 0 Å². The van der Waals surface area contributed by atoms with E-state index in [-0.39, 0.29) is 11.9 Å². The van der Waals surface area contributed by atoms with Crippen molar-refractivity contribution >= 4 is 10.0 Å². The minimum absolute atomic E-state index is 0.156. The van der Waals surface area contributed by atoms with Gasteiger partial charge in [-0.25, -0.2) is 13.4 Å². The molecule has 1 N–H and O–H groups in total. The Morgan fingerprint density at radius 2 is 1.78 bits per heavy atom. The zero-order valence-corrected chi connectivity index (χ0v) is 18.9. The topological polar surface area (TPSA) is 91.6 Å². The molecule has 2 aromatic heterocycles. The lowest BCUT2D eigenvalue weighted by atomic mass is 9.91. The summed E-state index contributed by atoms with van der Waals surface area (Å²) in [6.07, 6.45) is 4.12. The maximum absolute atomic E-state index is 13.0. The fraction of sp³-hybridized carbons (Fsp3) is 0.391. The van der Waals surface area contributed by atoms with Crippen LogP contribution in [0.5, 0.6) is 5.88 Å². The van der Waals surface area contributed by atoms with Crippen molar-refractivity contribution in [3.05, 3.63) is 65.5 Å². The van der Waals surface area contributed by atoms with Crippen LogP contribution in [0.4, 0.5) is 0 Å². The number of fused-ring (bicyclic) bond motifs is 1. The van der Waals surface area contributed by atoms with Crippen molar-refractivity contribution in [1.82, 2.24) is 24.0 Å². The number of sulfonamides is 1. The van der Waals surface area contributed by atoms with Crippen molar-refractivity contribution in [3.8, 4) is 11.7 Å². The second-order valence-electron chi connectivity index (χ2n) is 8.50. The Morgan fingerprint density at radius 1 is 1.03 bits per heavy atom. The molecule has 1 aliphatic heterocycles. The maximum Gasteiger partial charge on any atom is 0.243 e. The third kappa shape index (κ3) is 3.80. The Balaban J connectivity index is 1.27. The molecule has 0 amide bonds. The molecular formula is C23H27N5O3S. The first-order chi connectivity index (χ1) is 15.4. The molecule has 0 saturated carbocycles. The number of aromatic nitrogens is 3. The molecule has 0 radical (unpaired) electrons. The van der Waals surface area contributed by atoms with Crippen molar-refractivity contribution < 1.29 is 13.5 Å². The van der Waals surface area contributed by atoms with Gasteiger partial charge in [-0.15, -0.1) is 0 Å². The zero-order valence-electron chi connectivity index (χ0n) is 18.1. The van der Waals surface area contributed by atoms with E-state index in [0.717, 1.165) is 29.7 Å². The van der Waals surface area contributed by atoms with Crippen LogP contribution in [-0.4, -0.2) is 69.7 Å². The van der Waals surface area contributed by atoms with Gasteiger partial charge in [0.15, 0.2) is 5.82 Å². The zero-order chi connectivity index (χ0) is 22.3. The Labute approximate surface area is 188 Å². The van der Waals surface area contributed by atoms with Crippen LogP contribution >= 0.6 is 0 Å². The SMILES string of the molecule is Cc1ccc(S(=O)(=O)N2CCN(C3CCc4nn(-c5ccccn5)c(O)c4C3)CC2)cc1. The Hall–Kier alpha value is -2.75. The van der Waals surface area contributed by atoms with Crippen LogP contribution in [0.3, 0.4) is 0 Å². The normalized spacial score (nSPS) is 20.2. The molecular weight excluding hydrogens is 426 g/mol. The highest BCUT2D eigenvalue weighted by Gasteiger charge is 2.34. The molecule has 1 fully saturated rings. The van der Waals surface area contributed by atoms with E-state index in [2.05, 4.69) is 15.0 Å². The number of aryl methyl sites for hydroxylation is 2. The molecule has 0 bridgehead atoms. The number of piperazine rings is 1. The van der Waals surface area contributed by atoms with Gasteiger partial charge in [-0.1, -0.05) is 23.8 Å². The van der Waals surface area contributed by atoms with Gasteiger partial charge in [0.25, 0.3) is 0 Å². The summed E-state index contributed by atoms with van der Waals surface area (Å²) >= 11 is 0. The van der Waals surface area contributed by atoms with E-state index in [0.29, 0.717) is 43.3 Å². The van der Waals surface area contributed by atoms with Gasteiger partial charge in [0, 0.05) is 44.0 Å². The van der Waals surface area contributed by atoms with Crippen molar-refractivity contribution in [2.24, 2.45) is 0 Å². The number of benzene rings is 1. The standard InChI is InChI=1S/C23H27N5O3S/c1-17-5-8-19(9-6-17)32(30,31)27-14-12-26(13-15-27)18-7-10-21-20(16-18)23(29)28(25-21)22-4-2-3-11-24-22/h2-6,8-9,11,18,29H,7,10,12-16H2,1H3. The number of pyridine rings is 1. The molecule has 1 unspecified atom stereocenters. The van der Waals surface area contributed by atoms with E-state index in [1.54, 1.807) is 22.6 Å². The van der Waals surface area contributed by atoms with E-state index in [9.17, 15) is 13.5 Å². The molecule has 1 aliphatic carbocycles. The third-order valence-electron chi connectivity index (χ3n) is 6.51. The Bertz CT molecular complexity index is 1200. The molecule has 1 atom stereocenters. The largest absolute Gasteiger partial charge is 0.493 e. The molecule has 5 rings (SSSR count). The highest BCUT2D eigenvalue weighted by Crippen LogP contribution is 2.32. The van der Waals surface area contributed by atoms with E-state index < -0.39 is 10.0 Å². The van der Waals surface area contributed by atoms with Crippen LogP contribution in [-0.2, 0) is 22.9 Å². The molecule has 1 aromatic carbocycles. The van der Waals surface area contributed by atoms with Crippen molar-refractivity contribution in [1.29, 1.82) is 0 Å². The van der Waals surface area contributed by atoms with Crippen LogP contribution < -0.4 is 0 Å². The quantitative estimate of drug-likeness (QED) is 0.651. The predicted octanol–water partition coefficient (Wildman–Crippen LogP) is 2.15. The minimum atomic E-state index is -3.47. The molecule has 3 heterocycles. The number of aromatic hydroxyl groups is 1. The first-order valence-corrected chi connectivity index (χ1v) is 12.4. The first-order valence-electron chi connectivity index (χ1n) is 11.0. The molecule has 0 spiro atoms.